The molecule has 1 aliphatic carbocycles. The summed E-state index contributed by atoms with van der Waals surface area (Å²) in [4.78, 5) is 0. The van der Waals surface area contributed by atoms with Crippen molar-refractivity contribution in [2.75, 3.05) is 6.54 Å². The molecule has 2 atom stereocenters. The van der Waals surface area contributed by atoms with Crippen molar-refractivity contribution in [3.05, 3.63) is 0 Å². The summed E-state index contributed by atoms with van der Waals surface area (Å²) in [6.07, 6.45) is -10.5. The summed E-state index contributed by atoms with van der Waals surface area (Å²) in [5, 5.41) is 0. The Hall–Kier alpha value is -0.460. The molecule has 7 heteroatoms. The fraction of sp³-hybridized carbons (Fsp3) is 1.00. The molecule has 1 saturated carbocycles. The first-order chi connectivity index (χ1) is 7.14. The van der Waals surface area contributed by atoms with Crippen LogP contribution in [0, 0.1) is 17.8 Å². The van der Waals surface area contributed by atoms with Crippen LogP contribution in [0.25, 0.3) is 0 Å². The normalized spacial score (nSPS) is 32.8. The predicted molar refractivity (Wildman–Crippen MR) is 45.5 cm³/mol. The van der Waals surface area contributed by atoms with Crippen molar-refractivity contribution in [3.63, 3.8) is 0 Å². The van der Waals surface area contributed by atoms with E-state index in [0.29, 0.717) is 0 Å². The highest BCUT2D eigenvalue weighted by Crippen LogP contribution is 2.47. The third-order valence-electron chi connectivity index (χ3n) is 3.06. The molecule has 0 aliphatic heterocycles. The highest BCUT2D eigenvalue weighted by molar-refractivity contribution is 4.86. The van der Waals surface area contributed by atoms with Gasteiger partial charge in [0.25, 0.3) is 0 Å². The van der Waals surface area contributed by atoms with Crippen LogP contribution >= 0.6 is 0 Å². The van der Waals surface area contributed by atoms with Gasteiger partial charge in [0.2, 0.25) is 0 Å². The quantitative estimate of drug-likeness (QED) is 0.710. The molecule has 0 aromatic heterocycles. The number of hydrogen-bond donors (Lipinski definition) is 1. The van der Waals surface area contributed by atoms with Crippen LogP contribution in [0.3, 0.4) is 0 Å². The molecule has 0 aromatic rings. The van der Waals surface area contributed by atoms with Crippen molar-refractivity contribution in [3.8, 4) is 0 Å². The second-order valence-electron chi connectivity index (χ2n) is 4.29. The van der Waals surface area contributed by atoms with Crippen LogP contribution in [0.15, 0.2) is 0 Å². The Morgan fingerprint density at radius 2 is 1.19 bits per heavy atom. The van der Waals surface area contributed by atoms with E-state index >= 15 is 0 Å². The predicted octanol–water partition coefficient (Wildman–Crippen LogP) is 3.10. The maximum absolute atomic E-state index is 12.4. The van der Waals surface area contributed by atoms with E-state index in [-0.39, 0.29) is 19.4 Å². The lowest BCUT2D eigenvalue weighted by atomic mass is 9.74. The molecule has 0 radical (unpaired) electrons. The van der Waals surface area contributed by atoms with Gasteiger partial charge in [-0.2, -0.15) is 26.3 Å². The minimum Gasteiger partial charge on any atom is -0.330 e. The Morgan fingerprint density at radius 1 is 0.812 bits per heavy atom. The van der Waals surface area contributed by atoms with Crippen molar-refractivity contribution in [2.24, 2.45) is 23.5 Å². The van der Waals surface area contributed by atoms with Crippen LogP contribution in [0.1, 0.15) is 19.3 Å². The van der Waals surface area contributed by atoms with Crippen LogP contribution in [0.5, 0.6) is 0 Å². The molecule has 16 heavy (non-hydrogen) atoms. The van der Waals surface area contributed by atoms with Gasteiger partial charge in [0, 0.05) is 0 Å². The Bertz CT molecular complexity index is 211. The molecule has 0 saturated heterocycles. The fourth-order valence-electron chi connectivity index (χ4n) is 2.16. The van der Waals surface area contributed by atoms with Crippen molar-refractivity contribution < 1.29 is 26.3 Å². The summed E-state index contributed by atoms with van der Waals surface area (Å²) in [6, 6.07) is 0. The first kappa shape index (κ1) is 13.6. The first-order valence-electron chi connectivity index (χ1n) is 4.98. The van der Waals surface area contributed by atoms with Crippen molar-refractivity contribution in [1.29, 1.82) is 0 Å². The van der Waals surface area contributed by atoms with E-state index in [1.807, 2.05) is 0 Å². The fourth-order valence-corrected chi connectivity index (χ4v) is 2.16. The van der Waals surface area contributed by atoms with Crippen LogP contribution in [-0.2, 0) is 0 Å². The monoisotopic (exact) mass is 249 g/mol. The average Bonchev–Trinajstić information content (AvgIpc) is 2.14. The molecule has 0 bridgehead atoms. The Labute approximate surface area is 89.0 Å². The molecule has 1 aliphatic rings. The molecule has 1 nitrogen and oxygen atoms in total. The minimum absolute atomic E-state index is 0.126. The van der Waals surface area contributed by atoms with E-state index in [0.717, 1.165) is 0 Å². The van der Waals surface area contributed by atoms with Crippen molar-refractivity contribution in [1.82, 2.24) is 0 Å². The summed E-state index contributed by atoms with van der Waals surface area (Å²) in [6.45, 7) is -0.126. The van der Waals surface area contributed by atoms with Crippen LogP contribution in [0.4, 0.5) is 26.3 Å². The van der Waals surface area contributed by atoms with Crippen LogP contribution in [0.2, 0.25) is 0 Å². The Kier molecular flexibility index (Phi) is 3.76. The highest BCUT2D eigenvalue weighted by atomic mass is 19.4. The zero-order chi connectivity index (χ0) is 12.6. The summed E-state index contributed by atoms with van der Waals surface area (Å²) < 4.78 is 74.4. The minimum atomic E-state index is -4.56. The van der Waals surface area contributed by atoms with Crippen molar-refractivity contribution >= 4 is 0 Å². The van der Waals surface area contributed by atoms with Crippen molar-refractivity contribution in [2.45, 2.75) is 31.6 Å². The summed E-state index contributed by atoms with van der Waals surface area (Å²) in [5.74, 6) is -4.44. The molecule has 0 amide bonds. The van der Waals surface area contributed by atoms with Gasteiger partial charge in [-0.15, -0.1) is 0 Å². The van der Waals surface area contributed by atoms with E-state index in [1.54, 1.807) is 0 Å². The van der Waals surface area contributed by atoms with E-state index in [9.17, 15) is 26.3 Å². The van der Waals surface area contributed by atoms with Crippen LogP contribution < -0.4 is 5.73 Å². The molecular formula is C9H13F6N. The van der Waals surface area contributed by atoms with Gasteiger partial charge in [0.1, 0.15) is 0 Å². The highest BCUT2D eigenvalue weighted by Gasteiger charge is 2.51. The summed E-state index contributed by atoms with van der Waals surface area (Å²) in [7, 11) is 0. The smallest absolute Gasteiger partial charge is 0.330 e. The van der Waals surface area contributed by atoms with Gasteiger partial charge in [0.15, 0.2) is 0 Å². The molecule has 0 aromatic carbocycles. The third kappa shape index (κ3) is 3.26. The lowest BCUT2D eigenvalue weighted by Crippen LogP contribution is -2.40. The van der Waals surface area contributed by atoms with Gasteiger partial charge in [-0.1, -0.05) is 0 Å². The summed E-state index contributed by atoms with van der Waals surface area (Å²) in [5.41, 5.74) is 5.18. The standard InChI is InChI=1S/C9H13F6N/c10-8(11,12)6-1-5(4-16)2-7(3-6)9(13,14)15/h5-7H,1-4,16H2. The maximum atomic E-state index is 12.4. The van der Waals surface area contributed by atoms with Gasteiger partial charge in [-0.3, -0.25) is 0 Å². The first-order valence-corrected chi connectivity index (χ1v) is 4.98. The number of alkyl halides is 6. The van der Waals surface area contributed by atoms with E-state index < -0.39 is 36.5 Å². The largest absolute Gasteiger partial charge is 0.391 e. The lowest BCUT2D eigenvalue weighted by Gasteiger charge is -2.36. The Morgan fingerprint density at radius 3 is 1.44 bits per heavy atom. The molecule has 1 rings (SSSR count). The molecule has 0 spiro atoms. The molecule has 1 fully saturated rings. The van der Waals surface area contributed by atoms with E-state index in [2.05, 4.69) is 0 Å². The topological polar surface area (TPSA) is 26.0 Å². The molecule has 0 heterocycles. The molecule has 2 unspecified atom stereocenters. The number of rotatable bonds is 1. The third-order valence-corrected chi connectivity index (χ3v) is 3.06. The Balaban J connectivity index is 2.77. The second-order valence-corrected chi connectivity index (χ2v) is 4.29. The molecular weight excluding hydrogens is 236 g/mol. The molecule has 96 valence electrons. The van der Waals surface area contributed by atoms with Gasteiger partial charge in [-0.25, -0.2) is 0 Å². The number of nitrogens with two attached hydrogens (primary N) is 1. The average molecular weight is 249 g/mol. The zero-order valence-corrected chi connectivity index (χ0v) is 8.41. The lowest BCUT2D eigenvalue weighted by molar-refractivity contribution is -0.228. The number of halogens is 6. The second kappa shape index (κ2) is 4.43. The summed E-state index contributed by atoms with van der Waals surface area (Å²) >= 11 is 0. The van der Waals surface area contributed by atoms with E-state index in [1.165, 1.54) is 0 Å². The van der Waals surface area contributed by atoms with E-state index in [4.69, 9.17) is 5.73 Å². The maximum Gasteiger partial charge on any atom is 0.391 e. The van der Waals surface area contributed by atoms with Gasteiger partial charge < -0.3 is 5.73 Å². The molecule has 2 N–H and O–H groups in total. The van der Waals surface area contributed by atoms with Gasteiger partial charge in [-0.05, 0) is 31.7 Å². The number of hydrogen-bond acceptors (Lipinski definition) is 1. The SMILES string of the molecule is NCC1CC(C(F)(F)F)CC(C(F)(F)F)C1. The van der Waals surface area contributed by atoms with Gasteiger partial charge in [0.05, 0.1) is 11.8 Å². The van der Waals surface area contributed by atoms with Crippen LogP contribution in [-0.4, -0.2) is 18.9 Å². The van der Waals surface area contributed by atoms with Gasteiger partial charge >= 0.3 is 12.4 Å². The zero-order valence-electron chi connectivity index (χ0n) is 8.41.